The standard InChI is InChI=1S/C23H13F23N2O2/c1-8-3-4-11(47-7-49)10(5-8)12(50)48-9(2)6-13(24,25)14(26,27)15(28,29)16(30,31)17(32,33)18(34,35)19(36,37)20(38,39)21(40,41)22(42,43)23(44,45)46/h3-5,9H,6H2,1-2H3,(H,48,50). The van der Waals surface area contributed by atoms with Crippen LogP contribution in [0.1, 0.15) is 29.3 Å². The number of aryl methyl sites for hydroxylation is 1. The van der Waals surface area contributed by atoms with Crippen molar-refractivity contribution in [3.63, 3.8) is 0 Å². The molecule has 0 bridgehead atoms. The Labute approximate surface area is 260 Å². The molecule has 1 amide bonds. The van der Waals surface area contributed by atoms with Crippen molar-refractivity contribution in [3.8, 4) is 0 Å². The van der Waals surface area contributed by atoms with Gasteiger partial charge in [0, 0.05) is 12.5 Å². The van der Waals surface area contributed by atoms with Gasteiger partial charge in [-0.3, -0.25) is 4.79 Å². The fourth-order valence-electron chi connectivity index (χ4n) is 3.63. The second kappa shape index (κ2) is 12.6. The van der Waals surface area contributed by atoms with Crippen LogP contribution in [0, 0.1) is 6.92 Å². The minimum atomic E-state index is -9.48. The third-order valence-electron chi connectivity index (χ3n) is 6.47. The Balaban J connectivity index is 3.65. The number of alkyl halides is 23. The predicted octanol–water partition coefficient (Wildman–Crippen LogP) is 9.39. The lowest BCUT2D eigenvalue weighted by Crippen LogP contribution is -2.77. The van der Waals surface area contributed by atoms with Crippen molar-refractivity contribution in [2.45, 2.75) is 91.7 Å². The van der Waals surface area contributed by atoms with Crippen molar-refractivity contribution in [1.29, 1.82) is 0 Å². The molecule has 1 atom stereocenters. The number of aliphatic imine (C=N–C) groups is 1. The third kappa shape index (κ3) is 6.30. The second-order valence-electron chi connectivity index (χ2n) is 10.2. The van der Waals surface area contributed by atoms with Gasteiger partial charge in [0.15, 0.2) is 0 Å². The molecule has 0 aliphatic carbocycles. The smallest absolute Gasteiger partial charge is 0.349 e. The molecule has 0 saturated heterocycles. The van der Waals surface area contributed by atoms with Crippen LogP contribution in [0.5, 0.6) is 0 Å². The minimum Gasteiger partial charge on any atom is -0.349 e. The van der Waals surface area contributed by atoms with Crippen molar-refractivity contribution in [3.05, 3.63) is 29.3 Å². The van der Waals surface area contributed by atoms with Gasteiger partial charge in [-0.2, -0.15) is 106 Å². The van der Waals surface area contributed by atoms with Crippen LogP contribution in [0.15, 0.2) is 23.2 Å². The summed E-state index contributed by atoms with van der Waals surface area (Å²) < 4.78 is 312. The number of carbonyl (C=O) groups excluding carboxylic acids is 2. The zero-order valence-corrected chi connectivity index (χ0v) is 23.5. The summed E-state index contributed by atoms with van der Waals surface area (Å²) in [4.78, 5) is 25.8. The average Bonchev–Trinajstić information content (AvgIpc) is 2.91. The lowest BCUT2D eigenvalue weighted by atomic mass is 9.84. The Morgan fingerprint density at radius 3 is 1.30 bits per heavy atom. The van der Waals surface area contributed by atoms with Crippen LogP contribution >= 0.6 is 0 Å². The van der Waals surface area contributed by atoms with Crippen molar-refractivity contribution in [2.24, 2.45) is 4.99 Å². The number of nitrogens with one attached hydrogen (secondary N) is 1. The van der Waals surface area contributed by atoms with E-state index in [1.54, 1.807) is 0 Å². The highest BCUT2D eigenvalue weighted by molar-refractivity contribution is 5.99. The number of amides is 1. The fourth-order valence-corrected chi connectivity index (χ4v) is 3.63. The Bertz CT molecular complexity index is 1480. The topological polar surface area (TPSA) is 58.5 Å². The van der Waals surface area contributed by atoms with E-state index in [2.05, 4.69) is 4.99 Å². The van der Waals surface area contributed by atoms with Gasteiger partial charge >= 0.3 is 65.4 Å². The first-order chi connectivity index (χ1) is 21.7. The maximum atomic E-state index is 14.3. The summed E-state index contributed by atoms with van der Waals surface area (Å²) in [6.07, 6.45) is -10.3. The fraction of sp³-hybridized carbons (Fsp3) is 0.652. The maximum absolute atomic E-state index is 14.3. The van der Waals surface area contributed by atoms with Crippen LogP contribution in [0.3, 0.4) is 0 Å². The number of carbonyl (C=O) groups is 1. The van der Waals surface area contributed by atoms with Crippen LogP contribution in [0.4, 0.5) is 107 Å². The highest BCUT2D eigenvalue weighted by Crippen LogP contribution is 2.67. The first kappa shape index (κ1) is 44.5. The Morgan fingerprint density at radius 2 is 0.960 bits per heavy atom. The van der Waals surface area contributed by atoms with Gasteiger partial charge < -0.3 is 5.32 Å². The van der Waals surface area contributed by atoms with Crippen LogP contribution in [-0.4, -0.2) is 83.4 Å². The van der Waals surface area contributed by atoms with Crippen molar-refractivity contribution >= 4 is 17.7 Å². The van der Waals surface area contributed by atoms with E-state index in [1.165, 1.54) is 12.2 Å². The summed E-state index contributed by atoms with van der Waals surface area (Å²) in [7, 11) is 0. The highest BCUT2D eigenvalue weighted by Gasteiger charge is 2.98. The molecule has 4 nitrogen and oxygen atoms in total. The van der Waals surface area contributed by atoms with E-state index in [-0.39, 0.29) is 12.5 Å². The van der Waals surface area contributed by atoms with E-state index in [0.29, 0.717) is 0 Å². The largest absolute Gasteiger partial charge is 0.460 e. The summed E-state index contributed by atoms with van der Waals surface area (Å²) in [5, 5.41) is 1.33. The molecule has 1 unspecified atom stereocenters. The molecular weight excluding hydrogens is 773 g/mol. The molecule has 0 radical (unpaired) electrons. The number of benzene rings is 1. The predicted molar refractivity (Wildman–Crippen MR) is 116 cm³/mol. The van der Waals surface area contributed by atoms with Gasteiger partial charge in [-0.05, 0) is 26.0 Å². The molecule has 0 fully saturated rings. The number of hydrogen-bond donors (Lipinski definition) is 1. The number of isocyanates is 1. The molecule has 0 aliphatic heterocycles. The van der Waals surface area contributed by atoms with Crippen LogP contribution in [0.25, 0.3) is 0 Å². The highest BCUT2D eigenvalue weighted by atomic mass is 19.4. The van der Waals surface area contributed by atoms with Crippen LogP contribution < -0.4 is 5.32 Å². The second-order valence-corrected chi connectivity index (χ2v) is 10.2. The van der Waals surface area contributed by atoms with Gasteiger partial charge in [-0.25, -0.2) is 4.79 Å². The average molecular weight is 786 g/mol. The molecule has 27 heteroatoms. The van der Waals surface area contributed by atoms with Gasteiger partial charge in [-0.1, -0.05) is 11.6 Å². The van der Waals surface area contributed by atoms with E-state index >= 15 is 0 Å². The summed E-state index contributed by atoms with van der Waals surface area (Å²) in [5.41, 5.74) is -1.26. The molecule has 1 aromatic rings. The minimum absolute atomic E-state index is 0.130. The van der Waals surface area contributed by atoms with E-state index in [9.17, 15) is 111 Å². The van der Waals surface area contributed by atoms with Crippen molar-refractivity contribution in [2.75, 3.05) is 0 Å². The zero-order valence-electron chi connectivity index (χ0n) is 23.5. The number of hydrogen-bond acceptors (Lipinski definition) is 3. The van der Waals surface area contributed by atoms with Crippen molar-refractivity contribution < 1.29 is 111 Å². The van der Waals surface area contributed by atoms with E-state index in [4.69, 9.17) is 0 Å². The quantitative estimate of drug-likeness (QED) is 0.116. The summed E-state index contributed by atoms with van der Waals surface area (Å²) >= 11 is 0. The molecular formula is C23H13F23N2O2. The molecule has 1 rings (SSSR count). The van der Waals surface area contributed by atoms with E-state index < -0.39 is 95.0 Å². The van der Waals surface area contributed by atoms with Gasteiger partial charge in [0.25, 0.3) is 5.91 Å². The van der Waals surface area contributed by atoms with Crippen molar-refractivity contribution in [1.82, 2.24) is 5.32 Å². The monoisotopic (exact) mass is 786 g/mol. The lowest BCUT2D eigenvalue weighted by Gasteiger charge is -2.45. The number of nitrogens with zero attached hydrogens (tertiary/aromatic N) is 1. The molecule has 0 aliphatic rings. The summed E-state index contributed by atoms with van der Waals surface area (Å²) in [6.45, 7) is 1.42. The van der Waals surface area contributed by atoms with Crippen LogP contribution in [-0.2, 0) is 4.79 Å². The lowest BCUT2D eigenvalue weighted by molar-refractivity contribution is -0.478. The molecule has 1 N–H and O–H groups in total. The van der Waals surface area contributed by atoms with Gasteiger partial charge in [-0.15, -0.1) is 0 Å². The first-order valence-corrected chi connectivity index (χ1v) is 12.1. The molecule has 50 heavy (non-hydrogen) atoms. The normalized spacial score (nSPS) is 15.8. The Morgan fingerprint density at radius 1 is 0.620 bits per heavy atom. The Kier molecular flexibility index (Phi) is 11.2. The number of halogens is 23. The van der Waals surface area contributed by atoms with Gasteiger partial charge in [0.05, 0.1) is 11.3 Å². The van der Waals surface area contributed by atoms with Gasteiger partial charge in [0.2, 0.25) is 6.08 Å². The maximum Gasteiger partial charge on any atom is 0.460 e. The molecule has 0 aromatic heterocycles. The SMILES string of the molecule is Cc1ccc(N=C=O)c(C(=O)NC(C)CC(F)(F)C(F)(F)C(F)(F)C(F)(F)C(F)(F)C(F)(F)C(F)(F)C(F)(F)C(F)(F)C(F)(F)C(F)(F)F)c1. The molecule has 0 heterocycles. The third-order valence-corrected chi connectivity index (χ3v) is 6.47. The summed E-state index contributed by atoms with van der Waals surface area (Å²) in [5.74, 6) is -90.3. The van der Waals surface area contributed by atoms with E-state index in [0.717, 1.165) is 24.3 Å². The molecule has 0 saturated carbocycles. The van der Waals surface area contributed by atoms with E-state index in [1.807, 2.05) is 0 Å². The Hall–Kier alpha value is -3.54. The summed E-state index contributed by atoms with van der Waals surface area (Å²) in [6, 6.07) is 0.168. The number of rotatable bonds is 14. The molecule has 1 aromatic carbocycles. The molecule has 0 spiro atoms. The van der Waals surface area contributed by atoms with Gasteiger partial charge in [0.1, 0.15) is 0 Å². The zero-order chi connectivity index (χ0) is 40.3. The molecule has 288 valence electrons. The van der Waals surface area contributed by atoms with Crippen LogP contribution in [0.2, 0.25) is 0 Å². The first-order valence-electron chi connectivity index (χ1n) is 12.1.